The Kier molecular flexibility index (Phi) is 2.71. The second-order valence-electron chi connectivity index (χ2n) is 6.44. The van der Waals surface area contributed by atoms with Crippen LogP contribution in [-0.4, -0.2) is 0 Å². The maximum Gasteiger partial charge on any atom is 0.0332 e. The predicted molar refractivity (Wildman–Crippen MR) is 82.6 cm³/mol. The Balaban J connectivity index is 1.62. The van der Waals surface area contributed by atoms with E-state index < -0.39 is 0 Å². The van der Waals surface area contributed by atoms with Gasteiger partial charge in [0.15, 0.2) is 0 Å². The normalized spacial score (nSPS) is 28.4. The topological polar surface area (TPSA) is 26.0 Å². The lowest BCUT2D eigenvalue weighted by Gasteiger charge is -2.14. The highest BCUT2D eigenvalue weighted by Gasteiger charge is 2.55. The van der Waals surface area contributed by atoms with Gasteiger partial charge in [0, 0.05) is 6.04 Å². The second kappa shape index (κ2) is 4.46. The van der Waals surface area contributed by atoms with Crippen LogP contribution in [0.4, 0.5) is 0 Å². The van der Waals surface area contributed by atoms with Crippen LogP contribution in [0.5, 0.6) is 0 Å². The highest BCUT2D eigenvalue weighted by molar-refractivity contribution is 5.41. The van der Waals surface area contributed by atoms with Crippen molar-refractivity contribution in [2.24, 2.45) is 17.6 Å². The summed E-state index contributed by atoms with van der Waals surface area (Å²) in [7, 11) is 0. The number of hydrogen-bond donors (Lipinski definition) is 1. The fraction of sp³-hybridized carbons (Fsp3) is 0.368. The van der Waals surface area contributed by atoms with Gasteiger partial charge in [-0.15, -0.1) is 0 Å². The van der Waals surface area contributed by atoms with E-state index in [4.69, 9.17) is 5.73 Å². The van der Waals surface area contributed by atoms with Gasteiger partial charge in [-0.25, -0.2) is 0 Å². The van der Waals surface area contributed by atoms with Crippen molar-refractivity contribution in [2.45, 2.75) is 31.7 Å². The third kappa shape index (κ3) is 1.81. The summed E-state index contributed by atoms with van der Waals surface area (Å²) in [6.07, 6.45) is 2.54. The van der Waals surface area contributed by atoms with E-state index in [1.54, 1.807) is 11.1 Å². The second-order valence-corrected chi connectivity index (χ2v) is 6.44. The predicted octanol–water partition coefficient (Wildman–Crippen LogP) is 3.97. The fourth-order valence-electron chi connectivity index (χ4n) is 4.12. The third-order valence-electron chi connectivity index (χ3n) is 5.27. The van der Waals surface area contributed by atoms with E-state index >= 15 is 0 Å². The molecule has 1 saturated carbocycles. The smallest absolute Gasteiger partial charge is 0.0332 e. The molecule has 2 N–H and O–H groups in total. The monoisotopic (exact) mass is 263 g/mol. The Labute approximate surface area is 120 Å². The molecule has 0 radical (unpaired) electrons. The summed E-state index contributed by atoms with van der Waals surface area (Å²) < 4.78 is 0. The van der Waals surface area contributed by atoms with Crippen molar-refractivity contribution < 1.29 is 0 Å². The van der Waals surface area contributed by atoms with Crippen LogP contribution >= 0.6 is 0 Å². The van der Waals surface area contributed by atoms with Crippen molar-refractivity contribution in [1.29, 1.82) is 0 Å². The first-order chi connectivity index (χ1) is 9.75. The molecular weight excluding hydrogens is 242 g/mol. The van der Waals surface area contributed by atoms with E-state index in [0.717, 1.165) is 5.92 Å². The maximum absolute atomic E-state index is 6.57. The molecule has 20 heavy (non-hydrogen) atoms. The minimum absolute atomic E-state index is 0.191. The van der Waals surface area contributed by atoms with Crippen LogP contribution in [0.2, 0.25) is 0 Å². The van der Waals surface area contributed by atoms with Crippen molar-refractivity contribution in [3.8, 4) is 0 Å². The molecule has 4 rings (SSSR count). The van der Waals surface area contributed by atoms with Crippen LogP contribution in [0, 0.1) is 18.8 Å². The van der Waals surface area contributed by atoms with Gasteiger partial charge in [0.2, 0.25) is 0 Å². The summed E-state index contributed by atoms with van der Waals surface area (Å²) >= 11 is 0. The van der Waals surface area contributed by atoms with Crippen molar-refractivity contribution in [2.75, 3.05) is 0 Å². The minimum atomic E-state index is 0.191. The Bertz CT molecular complexity index is 628. The Morgan fingerprint density at radius 1 is 1.05 bits per heavy atom. The lowest BCUT2D eigenvalue weighted by molar-refractivity contribution is 0.555. The molecule has 0 heterocycles. The van der Waals surface area contributed by atoms with E-state index in [0.29, 0.717) is 11.8 Å². The molecule has 0 spiro atoms. The van der Waals surface area contributed by atoms with Crippen LogP contribution in [0.1, 0.15) is 40.6 Å². The molecule has 102 valence electrons. The summed E-state index contributed by atoms with van der Waals surface area (Å²) in [4.78, 5) is 0. The van der Waals surface area contributed by atoms with Crippen molar-refractivity contribution >= 4 is 0 Å². The highest BCUT2D eigenvalue weighted by Crippen LogP contribution is 2.63. The van der Waals surface area contributed by atoms with Gasteiger partial charge in [-0.2, -0.15) is 0 Å². The molecule has 0 amide bonds. The Morgan fingerprint density at radius 3 is 2.60 bits per heavy atom. The van der Waals surface area contributed by atoms with Gasteiger partial charge >= 0.3 is 0 Å². The summed E-state index contributed by atoms with van der Waals surface area (Å²) in [6.45, 7) is 2.13. The summed E-state index contributed by atoms with van der Waals surface area (Å²) in [5, 5.41) is 0. The Hall–Kier alpha value is -1.60. The zero-order valence-corrected chi connectivity index (χ0v) is 11.9. The molecular formula is C19H21N. The molecule has 0 aliphatic heterocycles. The molecule has 4 atom stereocenters. The van der Waals surface area contributed by atoms with Gasteiger partial charge in [-0.05, 0) is 54.2 Å². The zero-order valence-electron chi connectivity index (χ0n) is 11.9. The lowest BCUT2D eigenvalue weighted by Crippen LogP contribution is -2.14. The molecule has 2 aliphatic rings. The number of rotatable bonds is 2. The quantitative estimate of drug-likeness (QED) is 0.871. The van der Waals surface area contributed by atoms with Gasteiger partial charge in [0.1, 0.15) is 0 Å². The largest absolute Gasteiger partial charge is 0.324 e. The molecule has 0 aromatic heterocycles. The average molecular weight is 263 g/mol. The number of benzene rings is 2. The van der Waals surface area contributed by atoms with Crippen LogP contribution in [0.15, 0.2) is 48.5 Å². The van der Waals surface area contributed by atoms with Crippen LogP contribution in [0.3, 0.4) is 0 Å². The summed E-state index contributed by atoms with van der Waals surface area (Å²) in [5.41, 5.74) is 12.3. The molecule has 0 saturated heterocycles. The van der Waals surface area contributed by atoms with Crippen molar-refractivity contribution in [3.05, 3.63) is 70.8 Å². The summed E-state index contributed by atoms with van der Waals surface area (Å²) in [5.74, 6) is 2.15. The minimum Gasteiger partial charge on any atom is -0.324 e. The maximum atomic E-state index is 6.57. The van der Waals surface area contributed by atoms with E-state index in [9.17, 15) is 0 Å². The number of aryl methyl sites for hydroxylation is 2. The van der Waals surface area contributed by atoms with E-state index in [1.807, 2.05) is 0 Å². The molecule has 2 aliphatic carbocycles. The molecule has 4 unspecified atom stereocenters. The van der Waals surface area contributed by atoms with E-state index in [2.05, 4.69) is 55.5 Å². The van der Waals surface area contributed by atoms with Gasteiger partial charge in [-0.3, -0.25) is 0 Å². The summed E-state index contributed by atoms with van der Waals surface area (Å²) in [6, 6.07) is 17.9. The first kappa shape index (κ1) is 12.2. The van der Waals surface area contributed by atoms with Gasteiger partial charge in [0.25, 0.3) is 0 Å². The lowest BCUT2D eigenvalue weighted by atomic mass is 9.92. The highest BCUT2D eigenvalue weighted by atomic mass is 14.7. The fourth-order valence-corrected chi connectivity index (χ4v) is 4.12. The van der Waals surface area contributed by atoms with Crippen molar-refractivity contribution in [1.82, 2.24) is 0 Å². The molecule has 2 aromatic carbocycles. The van der Waals surface area contributed by atoms with Gasteiger partial charge in [-0.1, -0.05) is 54.1 Å². The van der Waals surface area contributed by atoms with E-state index in [-0.39, 0.29) is 6.04 Å². The third-order valence-corrected chi connectivity index (χ3v) is 5.27. The average Bonchev–Trinajstić information content (AvgIpc) is 3.22. The van der Waals surface area contributed by atoms with Crippen LogP contribution in [0.25, 0.3) is 0 Å². The number of fused-ring (bicyclic) bond motifs is 3. The molecule has 2 aromatic rings. The van der Waals surface area contributed by atoms with Crippen molar-refractivity contribution in [3.63, 3.8) is 0 Å². The zero-order chi connectivity index (χ0) is 13.7. The number of hydrogen-bond acceptors (Lipinski definition) is 1. The molecule has 0 bridgehead atoms. The number of nitrogens with two attached hydrogens (primary N) is 1. The Morgan fingerprint density at radius 2 is 1.80 bits per heavy atom. The van der Waals surface area contributed by atoms with E-state index in [1.165, 1.54) is 24.0 Å². The molecule has 1 fully saturated rings. The standard InChI is InChI=1S/C19H21N/c1-12-6-8-14(9-7-12)19(20)18-16-11-10-13-4-2-3-5-15(13)17(16)18/h2-9,16-19H,10-11,20H2,1H3. The van der Waals surface area contributed by atoms with Crippen LogP contribution in [-0.2, 0) is 6.42 Å². The molecule has 1 heteroatoms. The first-order valence-corrected chi connectivity index (χ1v) is 7.65. The molecule has 1 nitrogen and oxygen atoms in total. The van der Waals surface area contributed by atoms with Gasteiger partial charge in [0.05, 0.1) is 0 Å². The van der Waals surface area contributed by atoms with Crippen LogP contribution < -0.4 is 5.73 Å². The first-order valence-electron chi connectivity index (χ1n) is 7.65. The SMILES string of the molecule is Cc1ccc(C(N)C2C3CCc4ccccc4C32)cc1. The van der Waals surface area contributed by atoms with Gasteiger partial charge < -0.3 is 5.73 Å².